The molecule has 4 nitrogen and oxygen atoms in total. The lowest BCUT2D eigenvalue weighted by molar-refractivity contribution is -0.140. The maximum atomic E-state index is 11.0. The van der Waals surface area contributed by atoms with Gasteiger partial charge in [0.2, 0.25) is 0 Å². The summed E-state index contributed by atoms with van der Waals surface area (Å²) < 4.78 is 5.39. The molecule has 1 aromatic carbocycles. The Bertz CT molecular complexity index is 495. The molecule has 1 aliphatic rings. The summed E-state index contributed by atoms with van der Waals surface area (Å²) in [5.41, 5.74) is 0.913. The molecule has 0 amide bonds. The van der Waals surface area contributed by atoms with Crippen LogP contribution in [-0.2, 0) is 9.53 Å². The van der Waals surface area contributed by atoms with Gasteiger partial charge in [-0.25, -0.2) is 0 Å². The number of hydrogen-bond acceptors (Lipinski definition) is 3. The minimum absolute atomic E-state index is 0.00514. The van der Waals surface area contributed by atoms with E-state index in [4.69, 9.17) is 33.0 Å². The van der Waals surface area contributed by atoms with Crippen molar-refractivity contribution in [1.29, 1.82) is 0 Å². The van der Waals surface area contributed by atoms with Gasteiger partial charge in [-0.1, -0.05) is 23.2 Å². The van der Waals surface area contributed by atoms with Crippen LogP contribution in [0.3, 0.4) is 0 Å². The smallest absolute Gasteiger partial charge is 0.305 e. The highest BCUT2D eigenvalue weighted by Gasteiger charge is 2.30. The van der Waals surface area contributed by atoms with E-state index in [1.54, 1.807) is 12.1 Å². The second-order valence-electron chi connectivity index (χ2n) is 4.91. The van der Waals surface area contributed by atoms with Crippen LogP contribution in [0, 0.1) is 0 Å². The van der Waals surface area contributed by atoms with E-state index in [-0.39, 0.29) is 18.5 Å². The number of halogens is 2. The van der Waals surface area contributed by atoms with E-state index < -0.39 is 5.97 Å². The van der Waals surface area contributed by atoms with Gasteiger partial charge in [-0.05, 0) is 30.7 Å². The number of nitrogens with zero attached hydrogens (tertiary/aromatic N) is 1. The maximum Gasteiger partial charge on any atom is 0.305 e. The van der Waals surface area contributed by atoms with Gasteiger partial charge in [0, 0.05) is 28.7 Å². The summed E-state index contributed by atoms with van der Waals surface area (Å²) in [6.45, 7) is 3.72. The number of benzene rings is 1. The van der Waals surface area contributed by atoms with Crippen molar-refractivity contribution in [3.8, 4) is 0 Å². The lowest BCUT2D eigenvalue weighted by Gasteiger charge is -2.39. The van der Waals surface area contributed by atoms with Crippen LogP contribution < -0.4 is 0 Å². The number of morpholine rings is 1. The van der Waals surface area contributed by atoms with Crippen LogP contribution in [0.15, 0.2) is 18.2 Å². The first-order valence-corrected chi connectivity index (χ1v) is 7.25. The van der Waals surface area contributed by atoms with Crippen LogP contribution in [0.1, 0.15) is 24.9 Å². The van der Waals surface area contributed by atoms with Gasteiger partial charge in [0.1, 0.15) is 0 Å². The standard InChI is InChI=1S/C14H17Cl2NO3/c1-9(12-6-10(15)2-3-13(12)16)17-4-5-20-8-11(17)7-14(18)19/h2-3,6,9,11H,4-5,7-8H2,1H3,(H,18,19). The molecule has 0 saturated carbocycles. The molecule has 1 heterocycles. The highest BCUT2D eigenvalue weighted by atomic mass is 35.5. The molecule has 1 fully saturated rings. The predicted molar refractivity (Wildman–Crippen MR) is 78.4 cm³/mol. The van der Waals surface area contributed by atoms with Crippen LogP contribution in [-0.4, -0.2) is 41.8 Å². The number of aliphatic carboxylic acids is 1. The van der Waals surface area contributed by atoms with Crippen LogP contribution in [0.2, 0.25) is 10.0 Å². The molecule has 2 rings (SSSR count). The van der Waals surface area contributed by atoms with Crippen molar-refractivity contribution in [2.75, 3.05) is 19.8 Å². The Morgan fingerprint density at radius 2 is 2.30 bits per heavy atom. The number of rotatable bonds is 4. The van der Waals surface area contributed by atoms with E-state index in [0.29, 0.717) is 29.8 Å². The molecule has 2 unspecified atom stereocenters. The van der Waals surface area contributed by atoms with Gasteiger partial charge < -0.3 is 9.84 Å². The summed E-state index contributed by atoms with van der Waals surface area (Å²) >= 11 is 12.3. The second kappa shape index (κ2) is 6.76. The van der Waals surface area contributed by atoms with Gasteiger partial charge in [0.25, 0.3) is 0 Å². The summed E-state index contributed by atoms with van der Waals surface area (Å²) in [4.78, 5) is 13.1. The lowest BCUT2D eigenvalue weighted by atomic mass is 10.0. The summed E-state index contributed by atoms with van der Waals surface area (Å²) in [6.07, 6.45) is 0.0581. The molecular weight excluding hydrogens is 301 g/mol. The highest BCUT2D eigenvalue weighted by molar-refractivity contribution is 6.33. The zero-order chi connectivity index (χ0) is 14.7. The zero-order valence-electron chi connectivity index (χ0n) is 11.2. The van der Waals surface area contributed by atoms with Gasteiger partial charge in [-0.3, -0.25) is 9.69 Å². The Balaban J connectivity index is 2.22. The van der Waals surface area contributed by atoms with E-state index in [0.717, 1.165) is 5.56 Å². The van der Waals surface area contributed by atoms with Crippen molar-refractivity contribution >= 4 is 29.2 Å². The van der Waals surface area contributed by atoms with E-state index in [9.17, 15) is 4.79 Å². The first-order valence-electron chi connectivity index (χ1n) is 6.49. The summed E-state index contributed by atoms with van der Waals surface area (Å²) in [7, 11) is 0. The van der Waals surface area contributed by atoms with E-state index >= 15 is 0 Å². The molecule has 1 saturated heterocycles. The number of carbonyl (C=O) groups is 1. The quantitative estimate of drug-likeness (QED) is 0.926. The van der Waals surface area contributed by atoms with Gasteiger partial charge in [0.15, 0.2) is 0 Å². The minimum Gasteiger partial charge on any atom is -0.481 e. The van der Waals surface area contributed by atoms with Crippen LogP contribution >= 0.6 is 23.2 Å². The lowest BCUT2D eigenvalue weighted by Crippen LogP contribution is -2.47. The Morgan fingerprint density at radius 3 is 3.00 bits per heavy atom. The molecule has 1 aliphatic heterocycles. The molecular formula is C14H17Cl2NO3. The Kier molecular flexibility index (Phi) is 5.27. The van der Waals surface area contributed by atoms with E-state index in [1.807, 2.05) is 13.0 Å². The second-order valence-corrected chi connectivity index (χ2v) is 5.75. The van der Waals surface area contributed by atoms with Gasteiger partial charge in [0.05, 0.1) is 19.6 Å². The maximum absolute atomic E-state index is 11.0. The largest absolute Gasteiger partial charge is 0.481 e. The third kappa shape index (κ3) is 3.64. The van der Waals surface area contributed by atoms with E-state index in [1.165, 1.54) is 0 Å². The monoisotopic (exact) mass is 317 g/mol. The SMILES string of the molecule is CC(c1cc(Cl)ccc1Cl)N1CCOCC1CC(=O)O. The molecule has 0 aromatic heterocycles. The van der Waals surface area contributed by atoms with Crippen molar-refractivity contribution in [1.82, 2.24) is 4.90 Å². The van der Waals surface area contributed by atoms with Gasteiger partial charge in [-0.15, -0.1) is 0 Å². The van der Waals surface area contributed by atoms with Crippen molar-refractivity contribution in [2.24, 2.45) is 0 Å². The summed E-state index contributed by atoms with van der Waals surface area (Å²) in [5.74, 6) is -0.824. The summed E-state index contributed by atoms with van der Waals surface area (Å²) in [6, 6.07) is 5.19. The zero-order valence-corrected chi connectivity index (χ0v) is 12.7. The topological polar surface area (TPSA) is 49.8 Å². The molecule has 1 aromatic rings. The average Bonchev–Trinajstić information content (AvgIpc) is 2.41. The van der Waals surface area contributed by atoms with Crippen LogP contribution in [0.25, 0.3) is 0 Å². The van der Waals surface area contributed by atoms with Crippen molar-refractivity contribution in [3.63, 3.8) is 0 Å². The number of ether oxygens (including phenoxy) is 1. The third-order valence-corrected chi connectivity index (χ3v) is 4.17. The van der Waals surface area contributed by atoms with Crippen molar-refractivity contribution in [2.45, 2.75) is 25.4 Å². The van der Waals surface area contributed by atoms with Gasteiger partial charge in [-0.2, -0.15) is 0 Å². The minimum atomic E-state index is -0.824. The molecule has 6 heteroatoms. The molecule has 0 aliphatic carbocycles. The molecule has 0 spiro atoms. The number of carboxylic acids is 1. The van der Waals surface area contributed by atoms with Crippen LogP contribution in [0.5, 0.6) is 0 Å². The number of hydrogen-bond donors (Lipinski definition) is 1. The molecule has 110 valence electrons. The fourth-order valence-electron chi connectivity index (χ4n) is 2.57. The first kappa shape index (κ1) is 15.6. The molecule has 1 N–H and O–H groups in total. The highest BCUT2D eigenvalue weighted by Crippen LogP contribution is 2.32. The van der Waals surface area contributed by atoms with Crippen molar-refractivity contribution < 1.29 is 14.6 Å². The Hall–Kier alpha value is -0.810. The average molecular weight is 318 g/mol. The summed E-state index contributed by atoms with van der Waals surface area (Å²) in [5, 5.41) is 10.3. The fourth-order valence-corrected chi connectivity index (χ4v) is 3.02. The molecule has 2 atom stereocenters. The van der Waals surface area contributed by atoms with E-state index in [2.05, 4.69) is 4.90 Å². The predicted octanol–water partition coefficient (Wildman–Crippen LogP) is 3.23. The molecule has 0 bridgehead atoms. The third-order valence-electron chi connectivity index (χ3n) is 3.59. The number of carboxylic acid groups (broad SMARTS) is 1. The van der Waals surface area contributed by atoms with Gasteiger partial charge >= 0.3 is 5.97 Å². The first-order chi connectivity index (χ1) is 9.49. The van der Waals surface area contributed by atoms with Crippen molar-refractivity contribution in [3.05, 3.63) is 33.8 Å². The Morgan fingerprint density at radius 1 is 1.55 bits per heavy atom. The normalized spacial score (nSPS) is 21.6. The molecule has 20 heavy (non-hydrogen) atoms. The Labute approximate surface area is 128 Å². The van der Waals surface area contributed by atoms with Crippen LogP contribution in [0.4, 0.5) is 0 Å². The fraction of sp³-hybridized carbons (Fsp3) is 0.500. The molecule has 0 radical (unpaired) electrons.